The molecule has 1 saturated carbocycles. The van der Waals surface area contributed by atoms with Gasteiger partial charge in [-0.3, -0.25) is 4.90 Å². The van der Waals surface area contributed by atoms with E-state index in [1.807, 2.05) is 0 Å². The highest BCUT2D eigenvalue weighted by atomic mass is 15.2. The van der Waals surface area contributed by atoms with Gasteiger partial charge < -0.3 is 5.32 Å². The van der Waals surface area contributed by atoms with Crippen molar-refractivity contribution in [2.45, 2.75) is 52.1 Å². The van der Waals surface area contributed by atoms with Crippen molar-refractivity contribution >= 4 is 0 Å². The maximum atomic E-state index is 3.82. The van der Waals surface area contributed by atoms with Crippen LogP contribution in [0.5, 0.6) is 0 Å². The number of hydrogen-bond donors (Lipinski definition) is 1. The first-order chi connectivity index (χ1) is 9.55. The zero-order valence-corrected chi connectivity index (χ0v) is 13.2. The Balaban J connectivity index is 1.71. The van der Waals surface area contributed by atoms with Gasteiger partial charge in [-0.1, -0.05) is 29.3 Å². The molecule has 2 aliphatic rings. The molecule has 20 heavy (non-hydrogen) atoms. The number of aryl methyl sites for hydroxylation is 2. The summed E-state index contributed by atoms with van der Waals surface area (Å²) in [5.41, 5.74) is 4.59. The zero-order valence-electron chi connectivity index (χ0n) is 13.2. The predicted octanol–water partition coefficient (Wildman–Crippen LogP) is 3.27. The summed E-state index contributed by atoms with van der Waals surface area (Å²) in [4.78, 5) is 2.66. The topological polar surface area (TPSA) is 15.3 Å². The molecule has 1 saturated heterocycles. The van der Waals surface area contributed by atoms with Gasteiger partial charge in [0.2, 0.25) is 0 Å². The third-order valence-corrected chi connectivity index (χ3v) is 4.90. The van der Waals surface area contributed by atoms with Crippen molar-refractivity contribution in [1.29, 1.82) is 0 Å². The number of rotatable bonds is 3. The monoisotopic (exact) mass is 272 g/mol. The third-order valence-electron chi connectivity index (χ3n) is 4.90. The van der Waals surface area contributed by atoms with E-state index in [2.05, 4.69) is 49.2 Å². The fourth-order valence-electron chi connectivity index (χ4n) is 3.82. The van der Waals surface area contributed by atoms with E-state index >= 15 is 0 Å². The first-order valence-corrected chi connectivity index (χ1v) is 8.10. The summed E-state index contributed by atoms with van der Waals surface area (Å²) in [6.07, 6.45) is 4.11. The summed E-state index contributed by atoms with van der Waals surface area (Å²) >= 11 is 0. The van der Waals surface area contributed by atoms with Crippen molar-refractivity contribution in [3.63, 3.8) is 0 Å². The van der Waals surface area contributed by atoms with Crippen molar-refractivity contribution < 1.29 is 0 Å². The maximum absolute atomic E-state index is 3.82. The number of hydrogen-bond acceptors (Lipinski definition) is 2. The zero-order chi connectivity index (χ0) is 14.2. The Kier molecular flexibility index (Phi) is 3.87. The first-order valence-electron chi connectivity index (χ1n) is 8.10. The van der Waals surface area contributed by atoms with Gasteiger partial charge in [0.15, 0.2) is 0 Å². The van der Waals surface area contributed by atoms with Crippen LogP contribution < -0.4 is 5.32 Å². The van der Waals surface area contributed by atoms with Crippen molar-refractivity contribution in [2.24, 2.45) is 5.92 Å². The average Bonchev–Trinajstić information content (AvgIpc) is 3.16. The molecule has 1 aliphatic heterocycles. The van der Waals surface area contributed by atoms with Gasteiger partial charge in [-0.05, 0) is 64.6 Å². The number of nitrogens with zero attached hydrogens (tertiary/aromatic N) is 1. The van der Waals surface area contributed by atoms with E-state index < -0.39 is 0 Å². The quantitative estimate of drug-likeness (QED) is 0.908. The lowest BCUT2D eigenvalue weighted by Crippen LogP contribution is -2.50. The molecular formula is C18H28N2. The van der Waals surface area contributed by atoms with Crippen LogP contribution >= 0.6 is 0 Å². The molecular weight excluding hydrogens is 244 g/mol. The smallest absolute Gasteiger partial charge is 0.0308 e. The highest BCUT2D eigenvalue weighted by Gasteiger charge is 2.42. The lowest BCUT2D eigenvalue weighted by Gasteiger charge is -2.34. The van der Waals surface area contributed by atoms with Gasteiger partial charge in [-0.25, -0.2) is 0 Å². The molecule has 1 aliphatic carbocycles. The molecule has 0 aromatic heterocycles. The summed E-state index contributed by atoms with van der Waals surface area (Å²) < 4.78 is 0. The van der Waals surface area contributed by atoms with Gasteiger partial charge in [0, 0.05) is 18.6 Å². The molecule has 1 heterocycles. The van der Waals surface area contributed by atoms with Crippen LogP contribution in [0, 0.1) is 19.8 Å². The van der Waals surface area contributed by atoms with E-state index in [1.165, 1.54) is 55.6 Å². The Labute approximate surface area is 123 Å². The highest BCUT2D eigenvalue weighted by molar-refractivity contribution is 5.28. The van der Waals surface area contributed by atoms with E-state index in [4.69, 9.17) is 0 Å². The minimum atomic E-state index is 0.343. The molecule has 1 unspecified atom stereocenters. The predicted molar refractivity (Wildman–Crippen MR) is 84.9 cm³/mol. The summed E-state index contributed by atoms with van der Waals surface area (Å²) in [7, 11) is 0. The molecule has 1 atom stereocenters. The normalized spacial score (nSPS) is 28.4. The molecule has 0 spiro atoms. The Morgan fingerprint density at radius 3 is 2.55 bits per heavy atom. The third kappa shape index (κ3) is 3.24. The second kappa shape index (κ2) is 5.50. The first kappa shape index (κ1) is 14.1. The molecule has 1 aromatic rings. The molecule has 1 N–H and O–H groups in total. The van der Waals surface area contributed by atoms with Crippen molar-refractivity contribution in [3.05, 3.63) is 34.9 Å². The van der Waals surface area contributed by atoms with Crippen LogP contribution in [0.2, 0.25) is 0 Å². The van der Waals surface area contributed by atoms with Gasteiger partial charge in [-0.15, -0.1) is 0 Å². The Morgan fingerprint density at radius 1 is 1.20 bits per heavy atom. The molecule has 110 valence electrons. The van der Waals surface area contributed by atoms with E-state index in [1.54, 1.807) is 0 Å². The molecule has 3 rings (SSSR count). The Hall–Kier alpha value is -0.860. The van der Waals surface area contributed by atoms with Crippen molar-refractivity contribution in [3.8, 4) is 0 Å². The number of benzene rings is 1. The van der Waals surface area contributed by atoms with Crippen LogP contribution in [0.3, 0.4) is 0 Å². The summed E-state index contributed by atoms with van der Waals surface area (Å²) in [5.74, 6) is 0.905. The molecule has 0 radical (unpaired) electrons. The molecule has 2 fully saturated rings. The van der Waals surface area contributed by atoms with Gasteiger partial charge in [0.05, 0.1) is 0 Å². The largest absolute Gasteiger partial charge is 0.310 e. The SMILES string of the molecule is Cc1cc(C)cc(CN2CCCNC(C)(C3CC3)C2)c1. The van der Waals surface area contributed by atoms with E-state index in [0.717, 1.165) is 12.5 Å². The minimum Gasteiger partial charge on any atom is -0.310 e. The average molecular weight is 272 g/mol. The Morgan fingerprint density at radius 2 is 1.90 bits per heavy atom. The molecule has 2 heteroatoms. The van der Waals surface area contributed by atoms with Crippen molar-refractivity contribution in [1.82, 2.24) is 10.2 Å². The van der Waals surface area contributed by atoms with E-state index in [-0.39, 0.29) is 0 Å². The van der Waals surface area contributed by atoms with Gasteiger partial charge in [0.1, 0.15) is 0 Å². The van der Waals surface area contributed by atoms with Crippen LogP contribution in [0.15, 0.2) is 18.2 Å². The maximum Gasteiger partial charge on any atom is 0.0308 e. The van der Waals surface area contributed by atoms with Gasteiger partial charge in [-0.2, -0.15) is 0 Å². The summed E-state index contributed by atoms with van der Waals surface area (Å²) in [5, 5.41) is 3.82. The van der Waals surface area contributed by atoms with Gasteiger partial charge in [0.25, 0.3) is 0 Å². The standard InChI is InChI=1S/C18H28N2/c1-14-9-15(2)11-16(10-14)12-20-8-4-7-19-18(3,13-20)17-5-6-17/h9-11,17,19H,4-8,12-13H2,1-3H3. The van der Waals surface area contributed by atoms with Crippen LogP contribution in [-0.2, 0) is 6.54 Å². The lowest BCUT2D eigenvalue weighted by atomic mass is 9.95. The number of nitrogens with one attached hydrogen (secondary N) is 1. The fraction of sp³-hybridized carbons (Fsp3) is 0.667. The van der Waals surface area contributed by atoms with Crippen LogP contribution in [0.4, 0.5) is 0 Å². The highest BCUT2D eigenvalue weighted by Crippen LogP contribution is 2.40. The molecule has 2 nitrogen and oxygen atoms in total. The second-order valence-corrected chi connectivity index (χ2v) is 7.18. The van der Waals surface area contributed by atoms with Crippen LogP contribution in [-0.4, -0.2) is 30.1 Å². The summed E-state index contributed by atoms with van der Waals surface area (Å²) in [6, 6.07) is 6.96. The second-order valence-electron chi connectivity index (χ2n) is 7.18. The van der Waals surface area contributed by atoms with E-state index in [9.17, 15) is 0 Å². The van der Waals surface area contributed by atoms with E-state index in [0.29, 0.717) is 5.54 Å². The summed E-state index contributed by atoms with van der Waals surface area (Å²) in [6.45, 7) is 11.5. The van der Waals surface area contributed by atoms with Crippen LogP contribution in [0.1, 0.15) is 42.9 Å². The Bertz CT molecular complexity index is 458. The molecule has 0 bridgehead atoms. The lowest BCUT2D eigenvalue weighted by molar-refractivity contribution is 0.195. The molecule has 1 aromatic carbocycles. The minimum absolute atomic E-state index is 0.343. The molecule has 0 amide bonds. The fourth-order valence-corrected chi connectivity index (χ4v) is 3.82. The van der Waals surface area contributed by atoms with Crippen molar-refractivity contribution in [2.75, 3.05) is 19.6 Å². The van der Waals surface area contributed by atoms with Gasteiger partial charge >= 0.3 is 0 Å². The van der Waals surface area contributed by atoms with Crippen LogP contribution in [0.25, 0.3) is 0 Å².